The van der Waals surface area contributed by atoms with E-state index in [9.17, 15) is 19.2 Å². The Labute approximate surface area is 193 Å². The molecule has 4 N–H and O–H groups in total. The molecule has 1 heterocycles. The number of unbranched alkanes of at least 4 members (excludes halogenated alkanes) is 2. The van der Waals surface area contributed by atoms with Gasteiger partial charge in [-0.15, -0.1) is 10.2 Å². The van der Waals surface area contributed by atoms with E-state index >= 15 is 0 Å². The number of thioether (sulfide) groups is 2. The number of hydrogen-bond donors (Lipinski definition) is 4. The Morgan fingerprint density at radius 3 is 1.55 bits per heavy atom. The quantitative estimate of drug-likeness (QED) is 0.252. The Balaban J connectivity index is 2.42. The van der Waals surface area contributed by atoms with Gasteiger partial charge < -0.3 is 20.8 Å². The highest BCUT2D eigenvalue weighted by atomic mass is 32.2. The topological polar surface area (TPSA) is 159 Å². The molecule has 0 bridgehead atoms. The molecule has 1 aromatic heterocycles. The molecule has 10 nitrogen and oxygen atoms in total. The zero-order chi connectivity index (χ0) is 23.2. The Morgan fingerprint density at radius 2 is 1.23 bits per heavy atom. The highest BCUT2D eigenvalue weighted by Crippen LogP contribution is 2.28. The van der Waals surface area contributed by atoms with Gasteiger partial charge in [0.15, 0.2) is 8.68 Å². The first-order chi connectivity index (χ1) is 14.8. The molecule has 0 unspecified atom stereocenters. The molecule has 1 aromatic rings. The van der Waals surface area contributed by atoms with Gasteiger partial charge in [-0.2, -0.15) is 0 Å². The van der Waals surface area contributed by atoms with Crippen LogP contribution in [0.25, 0.3) is 0 Å². The number of carboxylic acid groups (broad SMARTS) is 2. The number of aromatic nitrogens is 2. The van der Waals surface area contributed by atoms with Gasteiger partial charge in [0.1, 0.15) is 12.1 Å². The van der Waals surface area contributed by atoms with E-state index in [0.29, 0.717) is 34.4 Å². The van der Waals surface area contributed by atoms with E-state index in [1.807, 2.05) is 13.8 Å². The van der Waals surface area contributed by atoms with Gasteiger partial charge in [-0.3, -0.25) is 9.59 Å². The summed E-state index contributed by atoms with van der Waals surface area (Å²) in [5, 5.41) is 31.2. The molecule has 1 rings (SSSR count). The fourth-order valence-electron chi connectivity index (χ4n) is 2.37. The summed E-state index contributed by atoms with van der Waals surface area (Å²) in [6.07, 6.45) is 3.86. The number of aliphatic carboxylic acids is 2. The third-order valence-electron chi connectivity index (χ3n) is 4.00. The number of carbonyl (C=O) groups is 4. The normalized spacial score (nSPS) is 12.7. The van der Waals surface area contributed by atoms with Gasteiger partial charge in [0.25, 0.3) is 0 Å². The summed E-state index contributed by atoms with van der Waals surface area (Å²) < 4.78 is 1.04. The zero-order valence-corrected chi connectivity index (χ0v) is 19.9. The maximum atomic E-state index is 12.0. The summed E-state index contributed by atoms with van der Waals surface area (Å²) in [5.74, 6) is -2.90. The fraction of sp³-hybridized carbons (Fsp3) is 0.667. The molecule has 0 radical (unpaired) electrons. The summed E-state index contributed by atoms with van der Waals surface area (Å²) in [7, 11) is 0. The van der Waals surface area contributed by atoms with Crippen LogP contribution in [0.3, 0.4) is 0 Å². The van der Waals surface area contributed by atoms with Gasteiger partial charge in [0, 0.05) is 0 Å². The van der Waals surface area contributed by atoms with Crippen molar-refractivity contribution in [2.75, 3.05) is 11.5 Å². The zero-order valence-electron chi connectivity index (χ0n) is 17.5. The third-order valence-corrected chi connectivity index (χ3v) is 7.19. The fourth-order valence-corrected chi connectivity index (χ4v) is 5.01. The molecule has 0 aromatic carbocycles. The summed E-state index contributed by atoms with van der Waals surface area (Å²) in [5.41, 5.74) is 0. The van der Waals surface area contributed by atoms with Crippen LogP contribution < -0.4 is 10.6 Å². The highest BCUT2D eigenvalue weighted by Gasteiger charge is 2.21. The number of amides is 2. The van der Waals surface area contributed by atoms with Gasteiger partial charge in [0.2, 0.25) is 11.8 Å². The molecular formula is C18H28N4O6S3. The maximum absolute atomic E-state index is 12.0. The Bertz CT molecular complexity index is 687. The molecule has 0 saturated carbocycles. The first kappa shape index (κ1) is 27.2. The Morgan fingerprint density at radius 1 is 0.839 bits per heavy atom. The lowest BCUT2D eigenvalue weighted by atomic mass is 10.1. The van der Waals surface area contributed by atoms with Crippen molar-refractivity contribution in [3.63, 3.8) is 0 Å². The van der Waals surface area contributed by atoms with Crippen molar-refractivity contribution >= 4 is 58.6 Å². The molecule has 13 heteroatoms. The van der Waals surface area contributed by atoms with Gasteiger partial charge in [-0.25, -0.2) is 9.59 Å². The van der Waals surface area contributed by atoms with E-state index in [0.717, 1.165) is 36.4 Å². The largest absolute Gasteiger partial charge is 0.480 e. The number of hydrogen-bond acceptors (Lipinski definition) is 9. The number of nitrogens with zero attached hydrogens (tertiary/aromatic N) is 2. The van der Waals surface area contributed by atoms with Gasteiger partial charge in [-0.05, 0) is 12.8 Å². The van der Waals surface area contributed by atoms with Crippen LogP contribution in [0.5, 0.6) is 0 Å². The van der Waals surface area contributed by atoms with Crippen molar-refractivity contribution in [2.24, 2.45) is 0 Å². The van der Waals surface area contributed by atoms with Crippen molar-refractivity contribution in [3.05, 3.63) is 0 Å². The molecular weight excluding hydrogens is 464 g/mol. The third kappa shape index (κ3) is 11.4. The van der Waals surface area contributed by atoms with E-state index in [2.05, 4.69) is 20.8 Å². The number of nitrogens with one attached hydrogen (secondary N) is 2. The summed E-state index contributed by atoms with van der Waals surface area (Å²) in [6, 6.07) is -1.81. The van der Waals surface area contributed by atoms with Crippen LogP contribution in [0.15, 0.2) is 8.68 Å². The summed E-state index contributed by atoms with van der Waals surface area (Å²) >= 11 is 3.47. The van der Waals surface area contributed by atoms with Crippen LogP contribution >= 0.6 is 34.9 Å². The van der Waals surface area contributed by atoms with Gasteiger partial charge in [0.05, 0.1) is 11.5 Å². The Hall–Kier alpha value is -1.86. The van der Waals surface area contributed by atoms with Crippen LogP contribution in [0, 0.1) is 0 Å². The first-order valence-electron chi connectivity index (χ1n) is 9.90. The second kappa shape index (κ2) is 15.0. The molecule has 0 aliphatic heterocycles. The molecule has 2 amide bonds. The second-order valence-corrected chi connectivity index (χ2v) is 10.0. The van der Waals surface area contributed by atoms with Crippen LogP contribution in [0.2, 0.25) is 0 Å². The average molecular weight is 493 g/mol. The molecule has 0 spiro atoms. The first-order valence-corrected chi connectivity index (χ1v) is 12.7. The van der Waals surface area contributed by atoms with Crippen molar-refractivity contribution in [3.8, 4) is 0 Å². The van der Waals surface area contributed by atoms with Crippen LogP contribution in [0.1, 0.15) is 52.4 Å². The highest BCUT2D eigenvalue weighted by molar-refractivity contribution is 8.03. The number of rotatable bonds is 16. The molecule has 31 heavy (non-hydrogen) atoms. The number of carboxylic acids is 2. The number of carbonyl (C=O) groups excluding carboxylic acids is 2. The minimum absolute atomic E-state index is 0.00735. The van der Waals surface area contributed by atoms with E-state index in [1.54, 1.807) is 0 Å². The summed E-state index contributed by atoms with van der Waals surface area (Å²) in [4.78, 5) is 46.4. The molecule has 0 aliphatic carbocycles. The monoisotopic (exact) mass is 492 g/mol. The summed E-state index contributed by atoms with van der Waals surface area (Å²) in [6.45, 7) is 3.89. The van der Waals surface area contributed by atoms with Crippen LogP contribution in [-0.2, 0) is 19.2 Å². The Kier molecular flexibility index (Phi) is 13.2. The van der Waals surface area contributed by atoms with Crippen molar-refractivity contribution in [2.45, 2.75) is 73.1 Å². The average Bonchev–Trinajstić information content (AvgIpc) is 3.18. The van der Waals surface area contributed by atoms with E-state index in [4.69, 9.17) is 10.2 Å². The SMILES string of the molecule is CCCC[C@@H](NC(=O)CSc1nnc(SCC(=O)N[C@H](CCCC)C(=O)O)s1)C(=O)O. The van der Waals surface area contributed by atoms with Gasteiger partial charge >= 0.3 is 11.9 Å². The van der Waals surface area contributed by atoms with E-state index in [1.165, 1.54) is 11.3 Å². The lowest BCUT2D eigenvalue weighted by Crippen LogP contribution is -2.41. The van der Waals surface area contributed by atoms with Crippen molar-refractivity contribution < 1.29 is 29.4 Å². The minimum atomic E-state index is -1.06. The molecule has 0 aliphatic rings. The lowest BCUT2D eigenvalue weighted by molar-refractivity contribution is -0.142. The smallest absolute Gasteiger partial charge is 0.326 e. The van der Waals surface area contributed by atoms with Crippen LogP contribution in [0.4, 0.5) is 0 Å². The molecule has 174 valence electrons. The van der Waals surface area contributed by atoms with E-state index < -0.39 is 35.8 Å². The standard InChI is InChI=1S/C18H28N4O6S3/c1-3-5-7-11(15(25)26)19-13(23)9-29-17-21-22-18(31-17)30-10-14(24)20-12(16(27)28)8-6-4-2/h11-12H,3-10H2,1-2H3,(H,19,23)(H,20,24)(H,25,26)(H,27,28)/t11-,12-/m1/s1. The minimum Gasteiger partial charge on any atom is -0.480 e. The van der Waals surface area contributed by atoms with Crippen LogP contribution in [-0.4, -0.2) is 67.8 Å². The predicted octanol–water partition coefficient (Wildman–Crippen LogP) is 2.24. The molecule has 0 saturated heterocycles. The van der Waals surface area contributed by atoms with Crippen molar-refractivity contribution in [1.82, 2.24) is 20.8 Å². The maximum Gasteiger partial charge on any atom is 0.326 e. The molecule has 2 atom stereocenters. The van der Waals surface area contributed by atoms with E-state index in [-0.39, 0.29) is 11.5 Å². The second-order valence-electron chi connectivity index (χ2n) is 6.61. The lowest BCUT2D eigenvalue weighted by Gasteiger charge is -2.13. The van der Waals surface area contributed by atoms with Crippen molar-refractivity contribution in [1.29, 1.82) is 0 Å². The van der Waals surface area contributed by atoms with Gasteiger partial charge in [-0.1, -0.05) is 74.4 Å². The molecule has 0 fully saturated rings. The predicted molar refractivity (Wildman–Crippen MR) is 120 cm³/mol.